The van der Waals surface area contributed by atoms with E-state index in [9.17, 15) is 19.8 Å². The van der Waals surface area contributed by atoms with Crippen LogP contribution in [0.4, 0.5) is 0 Å². The maximum atomic E-state index is 12.8. The molecule has 0 spiro atoms. The second kappa shape index (κ2) is 28.1. The van der Waals surface area contributed by atoms with Crippen LogP contribution in [-0.2, 0) is 35.3 Å². The summed E-state index contributed by atoms with van der Waals surface area (Å²) in [6.45, 7) is 10.1. The average molecular weight is 806 g/mol. The number of cyclic esters (lactones) is 1. The number of allylic oxidation sites excluding steroid dienone is 3. The highest BCUT2D eigenvalue weighted by Crippen LogP contribution is 2.25. The molecular weight excluding hydrogens is 739 g/mol. The number of aldehydes is 1. The zero-order valence-corrected chi connectivity index (χ0v) is 35.8. The number of aromatic nitrogens is 3. The van der Waals surface area contributed by atoms with Gasteiger partial charge in [-0.15, -0.1) is 5.10 Å². The van der Waals surface area contributed by atoms with Gasteiger partial charge in [0, 0.05) is 30.4 Å². The highest BCUT2D eigenvalue weighted by Gasteiger charge is 2.26. The molecule has 0 saturated carbocycles. The number of ketones is 1. The highest BCUT2D eigenvalue weighted by molar-refractivity contribution is 5.90. The number of nitrogens with zero attached hydrogens (tertiary/aromatic N) is 4. The molecule has 1 aliphatic rings. The summed E-state index contributed by atoms with van der Waals surface area (Å²) >= 11 is 0. The van der Waals surface area contributed by atoms with Crippen LogP contribution in [0.2, 0.25) is 0 Å². The van der Waals surface area contributed by atoms with E-state index in [1.54, 1.807) is 13.0 Å². The van der Waals surface area contributed by atoms with Crippen molar-refractivity contribution >= 4 is 18.0 Å². The Morgan fingerprint density at radius 2 is 1.66 bits per heavy atom. The molecule has 58 heavy (non-hydrogen) atoms. The smallest absolute Gasteiger partial charge is 0.306 e. The van der Waals surface area contributed by atoms with E-state index in [-0.39, 0.29) is 29.8 Å². The molecule has 2 heterocycles. The molecule has 5 unspecified atom stereocenters. The van der Waals surface area contributed by atoms with Crippen molar-refractivity contribution in [3.8, 4) is 22.4 Å². The van der Waals surface area contributed by atoms with Crippen molar-refractivity contribution in [3.63, 3.8) is 0 Å². The number of likely N-dealkylation sites (N-methyl/N-ethyl adjacent to an activating group) is 1. The standard InChI is InChI=1S/C34H41N3O3.C9H22N2O4.C2H4O/c1-4-33-30(22-26(3)14-20-31(38)13-9-8-10-25(2)15-21-34(39)40-33)23-37-24-32(35-36-37)29-18-16-28(17-19-29)27-11-6-5-7-12-27;1-7(12)9(13)8(11(2)3)5-6-15-10-14-4;1-2-3/h5-7,11-12,14,16-20,22,24-25,30,33H,4,8-10,13,15,21,23H2,1-3H3;7-10,12-13H,5-6H2,1-4H3;2H,1H3/b20-14+,26-22+;;/t25-,30?,33?;;/m1../s1. The van der Waals surface area contributed by atoms with Crippen LogP contribution in [0.5, 0.6) is 0 Å². The lowest BCUT2D eigenvalue weighted by atomic mass is 9.95. The Bertz CT molecular complexity index is 1660. The lowest BCUT2D eigenvalue weighted by molar-refractivity contribution is -0.156. The molecule has 0 amide bonds. The van der Waals surface area contributed by atoms with Crippen molar-refractivity contribution in [1.29, 1.82) is 0 Å². The Morgan fingerprint density at radius 3 is 2.28 bits per heavy atom. The van der Waals surface area contributed by atoms with Crippen molar-refractivity contribution in [2.45, 2.75) is 117 Å². The molecule has 13 nitrogen and oxygen atoms in total. The monoisotopic (exact) mass is 805 g/mol. The summed E-state index contributed by atoms with van der Waals surface area (Å²) in [6.07, 6.45) is 12.5. The molecule has 13 heteroatoms. The number of ether oxygens (including phenoxy) is 1. The summed E-state index contributed by atoms with van der Waals surface area (Å²) in [4.78, 5) is 45.2. The number of hydrogen-bond acceptors (Lipinski definition) is 12. The molecule has 1 aromatic heterocycles. The first-order valence-electron chi connectivity index (χ1n) is 20.3. The number of carbonyl (C=O) groups is 3. The maximum absolute atomic E-state index is 12.8. The Balaban J connectivity index is 0.000000541. The SMILES string of the molecule is CC=O.CCC1OC(=O)CC[C@H](C)CCCCC(=O)/C=C/C(C)=C/C1Cn1cc(-c2ccc(-c3ccccc3)cc2)nn1.CONOCCC(C(O)C(C)O)N(C)C. The second-order valence-electron chi connectivity index (χ2n) is 14.9. The molecule has 0 fully saturated rings. The van der Waals surface area contributed by atoms with Crippen LogP contribution in [0.15, 0.2) is 84.6 Å². The van der Waals surface area contributed by atoms with Crippen LogP contribution in [0.1, 0.15) is 86.0 Å². The summed E-state index contributed by atoms with van der Waals surface area (Å²) in [5, 5.41) is 27.8. The van der Waals surface area contributed by atoms with E-state index in [4.69, 9.17) is 14.4 Å². The number of benzene rings is 2. The fraction of sp³-hybridized carbons (Fsp3) is 0.533. The highest BCUT2D eigenvalue weighted by atomic mass is 16.9. The molecule has 320 valence electrons. The topological polar surface area (TPSA) is 165 Å². The van der Waals surface area contributed by atoms with Gasteiger partial charge in [-0.1, -0.05) is 110 Å². The summed E-state index contributed by atoms with van der Waals surface area (Å²) in [6, 6.07) is 18.4. The van der Waals surface area contributed by atoms with Gasteiger partial charge in [-0.05, 0) is 83.7 Å². The first-order valence-corrected chi connectivity index (χ1v) is 20.3. The van der Waals surface area contributed by atoms with E-state index in [1.807, 2.05) is 68.0 Å². The fourth-order valence-corrected chi connectivity index (χ4v) is 6.52. The zero-order chi connectivity index (χ0) is 42.9. The minimum Gasteiger partial charge on any atom is -0.462 e. The lowest BCUT2D eigenvalue weighted by Crippen LogP contribution is -2.45. The first kappa shape index (κ1) is 49.8. The number of aliphatic hydroxyl groups excluding tert-OH is 2. The molecule has 2 aromatic carbocycles. The van der Waals surface area contributed by atoms with Gasteiger partial charge < -0.3 is 24.6 Å². The third kappa shape index (κ3) is 18.9. The van der Waals surface area contributed by atoms with E-state index in [0.717, 1.165) is 54.4 Å². The molecule has 0 bridgehead atoms. The van der Waals surface area contributed by atoms with Crippen LogP contribution < -0.4 is 5.64 Å². The minimum atomic E-state index is -0.786. The molecule has 3 aromatic rings. The second-order valence-corrected chi connectivity index (χ2v) is 14.9. The van der Waals surface area contributed by atoms with Crippen LogP contribution in [-0.4, -0.2) is 100 Å². The van der Waals surface area contributed by atoms with Crippen molar-refractivity contribution in [1.82, 2.24) is 25.5 Å². The van der Waals surface area contributed by atoms with Gasteiger partial charge in [0.25, 0.3) is 0 Å². The van der Waals surface area contributed by atoms with Gasteiger partial charge in [0.1, 0.15) is 18.1 Å². The molecule has 4 rings (SSSR count). The molecule has 3 N–H and O–H groups in total. The summed E-state index contributed by atoms with van der Waals surface area (Å²) in [5.41, 5.74) is 7.31. The molecule has 1 aliphatic heterocycles. The Hall–Kier alpha value is -4.37. The van der Waals surface area contributed by atoms with E-state index in [2.05, 4.69) is 70.2 Å². The molecule has 0 saturated heterocycles. The number of carbonyl (C=O) groups excluding carboxylic acids is 3. The van der Waals surface area contributed by atoms with Gasteiger partial charge in [-0.25, -0.2) is 0 Å². The molecule has 6 atom stereocenters. The van der Waals surface area contributed by atoms with E-state index in [0.29, 0.717) is 44.8 Å². The van der Waals surface area contributed by atoms with Gasteiger partial charge in [0.15, 0.2) is 5.78 Å². The maximum Gasteiger partial charge on any atom is 0.306 e. The summed E-state index contributed by atoms with van der Waals surface area (Å²) in [7, 11) is 5.15. The van der Waals surface area contributed by atoms with Crippen molar-refractivity contribution in [2.24, 2.45) is 11.8 Å². The van der Waals surface area contributed by atoms with E-state index in [1.165, 1.54) is 19.6 Å². The van der Waals surface area contributed by atoms with Crippen molar-refractivity contribution < 1.29 is 39.0 Å². The normalized spacial score (nSPS) is 21.2. The minimum absolute atomic E-state index is 0.117. The quantitative estimate of drug-likeness (QED) is 0.0706. The third-order valence-corrected chi connectivity index (χ3v) is 9.82. The van der Waals surface area contributed by atoms with Crippen LogP contribution >= 0.6 is 0 Å². The van der Waals surface area contributed by atoms with Gasteiger partial charge in [0.2, 0.25) is 0 Å². The lowest BCUT2D eigenvalue weighted by Gasteiger charge is -2.30. The Morgan fingerprint density at radius 1 is 1.00 bits per heavy atom. The van der Waals surface area contributed by atoms with Gasteiger partial charge in [-0.2, -0.15) is 0 Å². The average Bonchev–Trinajstić information content (AvgIpc) is 3.68. The Labute approximate surface area is 345 Å². The number of hydrogen-bond donors (Lipinski definition) is 3. The van der Waals surface area contributed by atoms with Gasteiger partial charge >= 0.3 is 5.97 Å². The van der Waals surface area contributed by atoms with Crippen molar-refractivity contribution in [3.05, 3.63) is 84.6 Å². The number of esters is 1. The van der Waals surface area contributed by atoms with Crippen LogP contribution in [0, 0.1) is 11.8 Å². The predicted molar refractivity (Wildman–Crippen MR) is 227 cm³/mol. The van der Waals surface area contributed by atoms with Crippen LogP contribution in [0.25, 0.3) is 22.4 Å². The molecule has 0 aliphatic carbocycles. The largest absolute Gasteiger partial charge is 0.462 e. The summed E-state index contributed by atoms with van der Waals surface area (Å²) < 4.78 is 7.83. The van der Waals surface area contributed by atoms with Gasteiger partial charge in [0.05, 0.1) is 38.7 Å². The number of rotatable bonds is 13. The van der Waals surface area contributed by atoms with E-state index >= 15 is 0 Å². The number of aliphatic hydroxyl groups is 2. The van der Waals surface area contributed by atoms with E-state index < -0.39 is 12.2 Å². The molecule has 0 radical (unpaired) electrons. The number of nitrogens with one attached hydrogen (secondary N) is 1. The third-order valence-electron chi connectivity index (χ3n) is 9.82. The predicted octanol–water partition coefficient (Wildman–Crippen LogP) is 6.95. The Kier molecular flexibility index (Phi) is 24.1. The van der Waals surface area contributed by atoms with Crippen molar-refractivity contribution in [2.75, 3.05) is 27.8 Å². The first-order chi connectivity index (χ1) is 27.8. The van der Waals surface area contributed by atoms with Gasteiger partial charge in [-0.3, -0.25) is 23.9 Å². The fourth-order valence-electron chi connectivity index (χ4n) is 6.52. The van der Waals surface area contributed by atoms with Crippen LogP contribution in [0.3, 0.4) is 0 Å². The zero-order valence-electron chi connectivity index (χ0n) is 35.8. The summed E-state index contributed by atoms with van der Waals surface area (Å²) in [5.74, 6) is 0.320. The molecular formula is C45H67N5O8.